The second kappa shape index (κ2) is 3.92. The summed E-state index contributed by atoms with van der Waals surface area (Å²) < 4.78 is 60.9. The molecule has 0 aliphatic heterocycles. The quantitative estimate of drug-likeness (QED) is 0.805. The van der Waals surface area contributed by atoms with E-state index >= 15 is 0 Å². The van der Waals surface area contributed by atoms with E-state index in [0.29, 0.717) is 0 Å². The van der Waals surface area contributed by atoms with Gasteiger partial charge in [0.25, 0.3) is 6.43 Å². The summed E-state index contributed by atoms with van der Waals surface area (Å²) in [6, 6.07) is 0.761. The minimum Gasteiger partial charge on any atom is -0.397 e. The summed E-state index contributed by atoms with van der Waals surface area (Å²) in [5.74, 6) is 0. The predicted octanol–water partition coefficient (Wildman–Crippen LogP) is 3.38. The number of alkyl halides is 5. The first kappa shape index (κ1) is 12.2. The zero-order valence-electron chi connectivity index (χ0n) is 6.95. The Morgan fingerprint density at radius 3 is 2.27 bits per heavy atom. The molecule has 0 bridgehead atoms. The third-order valence-electron chi connectivity index (χ3n) is 1.51. The number of hydrogen-bond acceptors (Lipinski definition) is 2. The molecule has 15 heavy (non-hydrogen) atoms. The molecule has 0 aromatic carbocycles. The lowest BCUT2D eigenvalue weighted by Crippen LogP contribution is -2.13. The SMILES string of the molecule is Nc1cc(Br)c(C(F)F)nc1C(F)(F)F. The van der Waals surface area contributed by atoms with Crippen molar-refractivity contribution in [3.63, 3.8) is 0 Å². The highest BCUT2D eigenvalue weighted by Gasteiger charge is 2.36. The van der Waals surface area contributed by atoms with Crippen LogP contribution >= 0.6 is 15.9 Å². The monoisotopic (exact) mass is 290 g/mol. The summed E-state index contributed by atoms with van der Waals surface area (Å²) in [5.41, 5.74) is 1.85. The van der Waals surface area contributed by atoms with Crippen LogP contribution in [-0.2, 0) is 6.18 Å². The Kier molecular flexibility index (Phi) is 3.17. The van der Waals surface area contributed by atoms with E-state index in [1.807, 2.05) is 0 Å². The first-order valence-electron chi connectivity index (χ1n) is 3.54. The Labute approximate surface area is 89.4 Å². The molecular formula is C7H4BrF5N2. The zero-order valence-corrected chi connectivity index (χ0v) is 8.53. The fraction of sp³-hybridized carbons (Fsp3) is 0.286. The van der Waals surface area contributed by atoms with Gasteiger partial charge >= 0.3 is 6.18 Å². The molecule has 0 radical (unpaired) electrons. The average Bonchev–Trinajstić information content (AvgIpc) is 2.00. The van der Waals surface area contributed by atoms with Gasteiger partial charge in [-0.1, -0.05) is 0 Å². The topological polar surface area (TPSA) is 38.9 Å². The molecule has 0 saturated heterocycles. The molecule has 84 valence electrons. The van der Waals surface area contributed by atoms with Crippen molar-refractivity contribution < 1.29 is 22.0 Å². The maximum Gasteiger partial charge on any atom is 0.435 e. The molecule has 0 aliphatic carbocycles. The second-order valence-electron chi connectivity index (χ2n) is 2.59. The van der Waals surface area contributed by atoms with Crippen LogP contribution in [0.4, 0.5) is 27.6 Å². The van der Waals surface area contributed by atoms with Gasteiger partial charge in [-0.05, 0) is 22.0 Å². The van der Waals surface area contributed by atoms with Crippen LogP contribution in [0.5, 0.6) is 0 Å². The van der Waals surface area contributed by atoms with Crippen molar-refractivity contribution in [2.75, 3.05) is 5.73 Å². The van der Waals surface area contributed by atoms with Crippen LogP contribution in [0.1, 0.15) is 17.8 Å². The van der Waals surface area contributed by atoms with Crippen LogP contribution in [0.15, 0.2) is 10.5 Å². The Bertz CT molecular complexity index is 376. The van der Waals surface area contributed by atoms with E-state index in [-0.39, 0.29) is 4.47 Å². The van der Waals surface area contributed by atoms with Crippen molar-refractivity contribution in [1.29, 1.82) is 0 Å². The predicted molar refractivity (Wildman–Crippen MR) is 46.3 cm³/mol. The highest BCUT2D eigenvalue weighted by molar-refractivity contribution is 9.10. The molecule has 0 atom stereocenters. The van der Waals surface area contributed by atoms with Crippen molar-refractivity contribution in [2.45, 2.75) is 12.6 Å². The lowest BCUT2D eigenvalue weighted by atomic mass is 10.2. The maximum absolute atomic E-state index is 12.2. The molecule has 1 aromatic rings. The Morgan fingerprint density at radius 2 is 1.87 bits per heavy atom. The fourth-order valence-electron chi connectivity index (χ4n) is 0.897. The fourth-order valence-corrected chi connectivity index (χ4v) is 1.41. The highest BCUT2D eigenvalue weighted by Crippen LogP contribution is 2.36. The Morgan fingerprint density at radius 1 is 1.33 bits per heavy atom. The van der Waals surface area contributed by atoms with E-state index in [4.69, 9.17) is 5.73 Å². The normalized spacial score (nSPS) is 12.2. The van der Waals surface area contributed by atoms with Gasteiger partial charge in [0.05, 0.1) is 5.69 Å². The summed E-state index contributed by atoms with van der Waals surface area (Å²) in [7, 11) is 0. The smallest absolute Gasteiger partial charge is 0.397 e. The minimum atomic E-state index is -4.84. The highest BCUT2D eigenvalue weighted by atomic mass is 79.9. The van der Waals surface area contributed by atoms with Crippen LogP contribution in [0.2, 0.25) is 0 Å². The van der Waals surface area contributed by atoms with Gasteiger partial charge in [-0.15, -0.1) is 0 Å². The molecule has 2 N–H and O–H groups in total. The largest absolute Gasteiger partial charge is 0.435 e. The number of nitrogen functional groups attached to an aromatic ring is 1. The average molecular weight is 291 g/mol. The summed E-state index contributed by atoms with van der Waals surface area (Å²) in [6.07, 6.45) is -7.94. The molecule has 0 saturated carbocycles. The minimum absolute atomic E-state index is 0.247. The number of pyridine rings is 1. The summed E-state index contributed by atoms with van der Waals surface area (Å²) in [5, 5.41) is 0. The standard InChI is InChI=1S/C7H4BrF5N2/c8-2-1-3(14)5(7(11,12)13)15-4(2)6(9)10/h1,6H,14H2. The van der Waals surface area contributed by atoms with Crippen LogP contribution < -0.4 is 5.73 Å². The summed E-state index contributed by atoms with van der Waals surface area (Å²) >= 11 is 2.66. The molecule has 8 heteroatoms. The van der Waals surface area contributed by atoms with Crippen LogP contribution in [0.25, 0.3) is 0 Å². The summed E-state index contributed by atoms with van der Waals surface area (Å²) in [4.78, 5) is 2.80. The van der Waals surface area contributed by atoms with E-state index < -0.39 is 29.7 Å². The Hall–Kier alpha value is -0.920. The number of nitrogens with two attached hydrogens (primary N) is 1. The molecule has 1 aromatic heterocycles. The lowest BCUT2D eigenvalue weighted by Gasteiger charge is -2.11. The molecule has 0 amide bonds. The van der Waals surface area contributed by atoms with Crippen LogP contribution in [-0.4, -0.2) is 4.98 Å². The van der Waals surface area contributed by atoms with Crippen LogP contribution in [0.3, 0.4) is 0 Å². The van der Waals surface area contributed by atoms with Gasteiger partial charge in [0.1, 0.15) is 5.69 Å². The zero-order chi connectivity index (χ0) is 11.8. The van der Waals surface area contributed by atoms with Crippen molar-refractivity contribution in [2.24, 2.45) is 0 Å². The third-order valence-corrected chi connectivity index (χ3v) is 2.14. The number of aromatic nitrogens is 1. The summed E-state index contributed by atoms with van der Waals surface area (Å²) in [6.45, 7) is 0. The van der Waals surface area contributed by atoms with E-state index in [9.17, 15) is 22.0 Å². The van der Waals surface area contributed by atoms with Gasteiger partial charge in [-0.25, -0.2) is 13.8 Å². The van der Waals surface area contributed by atoms with Gasteiger partial charge in [0.15, 0.2) is 5.69 Å². The van der Waals surface area contributed by atoms with E-state index in [0.717, 1.165) is 6.07 Å². The van der Waals surface area contributed by atoms with Gasteiger partial charge in [-0.3, -0.25) is 0 Å². The first-order chi connectivity index (χ1) is 6.73. The second-order valence-corrected chi connectivity index (χ2v) is 3.45. The molecule has 0 unspecified atom stereocenters. The molecular weight excluding hydrogens is 287 g/mol. The molecule has 1 rings (SSSR count). The van der Waals surface area contributed by atoms with Crippen molar-refractivity contribution in [3.05, 3.63) is 21.9 Å². The van der Waals surface area contributed by atoms with Crippen LogP contribution in [0, 0.1) is 0 Å². The number of hydrogen-bond donors (Lipinski definition) is 1. The third kappa shape index (κ3) is 2.55. The molecule has 0 fully saturated rings. The lowest BCUT2D eigenvalue weighted by molar-refractivity contribution is -0.140. The van der Waals surface area contributed by atoms with E-state index in [1.54, 1.807) is 0 Å². The molecule has 0 aliphatic rings. The molecule has 1 heterocycles. The van der Waals surface area contributed by atoms with Gasteiger partial charge in [-0.2, -0.15) is 13.2 Å². The van der Waals surface area contributed by atoms with Crippen molar-refractivity contribution in [1.82, 2.24) is 4.98 Å². The van der Waals surface area contributed by atoms with Gasteiger partial charge in [0, 0.05) is 4.47 Å². The number of rotatable bonds is 1. The number of nitrogens with zero attached hydrogens (tertiary/aromatic N) is 1. The van der Waals surface area contributed by atoms with Crippen molar-refractivity contribution >= 4 is 21.6 Å². The molecule has 0 spiro atoms. The number of halogens is 6. The van der Waals surface area contributed by atoms with Crippen molar-refractivity contribution in [3.8, 4) is 0 Å². The van der Waals surface area contributed by atoms with E-state index in [1.165, 1.54) is 0 Å². The number of anilines is 1. The molecule has 2 nitrogen and oxygen atoms in total. The first-order valence-corrected chi connectivity index (χ1v) is 4.34. The van der Waals surface area contributed by atoms with Gasteiger partial charge in [0.2, 0.25) is 0 Å². The maximum atomic E-state index is 12.2. The Balaban J connectivity index is 3.37. The van der Waals surface area contributed by atoms with E-state index in [2.05, 4.69) is 20.9 Å². The van der Waals surface area contributed by atoms with Gasteiger partial charge < -0.3 is 5.73 Å².